The molecule has 0 aliphatic carbocycles. The normalized spacial score (nSPS) is 7.62. The molecule has 4 nitrogen and oxygen atoms in total. The number of rotatable bonds is 2. The molecule has 0 amide bonds. The lowest BCUT2D eigenvalue weighted by atomic mass is 10.4. The summed E-state index contributed by atoms with van der Waals surface area (Å²) in [6.45, 7) is 4.62. The SMILES string of the molecule is C=C(C)C(=O)ON=O. The maximum Gasteiger partial charge on any atom is 0.364 e. The lowest BCUT2D eigenvalue weighted by molar-refractivity contribution is -0.139. The second-order valence-corrected chi connectivity index (χ2v) is 1.23. The average molecular weight is 115 g/mol. The van der Waals surface area contributed by atoms with Gasteiger partial charge in [-0.25, -0.2) is 4.79 Å². The molecule has 0 saturated carbocycles. The van der Waals surface area contributed by atoms with Crippen LogP contribution in [0.2, 0.25) is 0 Å². The molecule has 0 aliphatic heterocycles. The Bertz CT molecular complexity index is 129. The lowest BCUT2D eigenvalue weighted by Gasteiger charge is -1.87. The van der Waals surface area contributed by atoms with E-state index in [1.165, 1.54) is 6.92 Å². The van der Waals surface area contributed by atoms with Gasteiger partial charge in [-0.3, -0.25) is 4.84 Å². The molecule has 0 unspecified atom stereocenters. The van der Waals surface area contributed by atoms with E-state index in [-0.39, 0.29) is 5.57 Å². The van der Waals surface area contributed by atoms with E-state index in [9.17, 15) is 9.70 Å². The lowest BCUT2D eigenvalue weighted by Crippen LogP contribution is -1.98. The highest BCUT2D eigenvalue weighted by Gasteiger charge is 2.00. The summed E-state index contributed by atoms with van der Waals surface area (Å²) in [5.74, 6) is -0.792. The molecule has 0 heterocycles. The summed E-state index contributed by atoms with van der Waals surface area (Å²) >= 11 is 0. The zero-order chi connectivity index (χ0) is 6.57. The Hall–Kier alpha value is -1.19. The third kappa shape index (κ3) is 2.07. The minimum atomic E-state index is -0.792. The Morgan fingerprint density at radius 2 is 2.25 bits per heavy atom. The smallest absolute Gasteiger partial charge is 0.279 e. The molecule has 0 fully saturated rings. The summed E-state index contributed by atoms with van der Waals surface area (Å²) in [4.78, 5) is 22.9. The molecule has 4 heteroatoms. The number of hydrogen-bond donors (Lipinski definition) is 0. The van der Waals surface area contributed by atoms with E-state index >= 15 is 0 Å². The monoisotopic (exact) mass is 115 g/mol. The summed E-state index contributed by atoms with van der Waals surface area (Å²) < 4.78 is 0. The molecular formula is C4H5NO3. The van der Waals surface area contributed by atoms with E-state index in [4.69, 9.17) is 0 Å². The summed E-state index contributed by atoms with van der Waals surface area (Å²) in [7, 11) is 0. The summed E-state index contributed by atoms with van der Waals surface area (Å²) in [6.07, 6.45) is 0. The fourth-order valence-electron chi connectivity index (χ4n) is 0.112. The number of carbonyl (C=O) groups is 1. The van der Waals surface area contributed by atoms with Crippen LogP contribution in [0.1, 0.15) is 6.92 Å². The predicted molar refractivity (Wildman–Crippen MR) is 26.7 cm³/mol. The topological polar surface area (TPSA) is 55.7 Å². The van der Waals surface area contributed by atoms with Crippen LogP contribution in [-0.2, 0) is 9.63 Å². The van der Waals surface area contributed by atoms with Gasteiger partial charge >= 0.3 is 5.97 Å². The van der Waals surface area contributed by atoms with Crippen LogP contribution in [0.5, 0.6) is 0 Å². The fourth-order valence-corrected chi connectivity index (χ4v) is 0.112. The molecule has 0 bridgehead atoms. The van der Waals surface area contributed by atoms with E-state index in [1.807, 2.05) is 5.34 Å². The van der Waals surface area contributed by atoms with E-state index < -0.39 is 5.97 Å². The summed E-state index contributed by atoms with van der Waals surface area (Å²) in [6, 6.07) is 0. The first kappa shape index (κ1) is 6.81. The van der Waals surface area contributed by atoms with E-state index in [0.29, 0.717) is 0 Å². The molecule has 0 rings (SSSR count). The molecule has 8 heavy (non-hydrogen) atoms. The molecule has 0 aromatic carbocycles. The van der Waals surface area contributed by atoms with Crippen LogP contribution in [0.15, 0.2) is 17.5 Å². The number of carbonyl (C=O) groups excluding carboxylic acids is 1. The number of hydrogen-bond acceptors (Lipinski definition) is 4. The van der Waals surface area contributed by atoms with Crippen molar-refractivity contribution in [1.29, 1.82) is 0 Å². The predicted octanol–water partition coefficient (Wildman–Crippen LogP) is 0.787. The Balaban J connectivity index is 3.65. The highest BCUT2D eigenvalue weighted by molar-refractivity contribution is 5.86. The molecule has 44 valence electrons. The number of nitrogens with zero attached hydrogens (tertiary/aromatic N) is 1. The van der Waals surface area contributed by atoms with Crippen molar-refractivity contribution in [3.8, 4) is 0 Å². The molecule has 0 spiro atoms. The Morgan fingerprint density at radius 1 is 1.75 bits per heavy atom. The molecule has 0 atom stereocenters. The van der Waals surface area contributed by atoms with Gasteiger partial charge in [-0.2, -0.15) is 0 Å². The molecule has 0 aromatic rings. The first-order chi connectivity index (χ1) is 3.68. The second kappa shape index (κ2) is 2.90. The van der Waals surface area contributed by atoms with Gasteiger partial charge in [0.2, 0.25) is 0 Å². The quantitative estimate of drug-likeness (QED) is 0.303. The summed E-state index contributed by atoms with van der Waals surface area (Å²) in [5, 5.41) is 1.90. The fraction of sp³-hybridized carbons (Fsp3) is 0.250. The van der Waals surface area contributed by atoms with Crippen molar-refractivity contribution in [3.63, 3.8) is 0 Å². The minimum Gasteiger partial charge on any atom is -0.279 e. The van der Waals surface area contributed by atoms with Gasteiger partial charge in [0, 0.05) is 5.57 Å². The van der Waals surface area contributed by atoms with Gasteiger partial charge in [-0.1, -0.05) is 6.58 Å². The maximum atomic E-state index is 10.1. The van der Waals surface area contributed by atoms with E-state index in [2.05, 4.69) is 11.4 Å². The van der Waals surface area contributed by atoms with Gasteiger partial charge in [-0.15, -0.1) is 4.91 Å². The second-order valence-electron chi connectivity index (χ2n) is 1.23. The van der Waals surface area contributed by atoms with Crippen LogP contribution in [0, 0.1) is 4.91 Å². The van der Waals surface area contributed by atoms with E-state index in [0.717, 1.165) is 0 Å². The molecular weight excluding hydrogens is 110 g/mol. The summed E-state index contributed by atoms with van der Waals surface area (Å²) in [5.41, 5.74) is 0.157. The largest absolute Gasteiger partial charge is 0.364 e. The van der Waals surface area contributed by atoms with Crippen molar-refractivity contribution in [3.05, 3.63) is 17.1 Å². The van der Waals surface area contributed by atoms with Crippen molar-refractivity contribution in [2.45, 2.75) is 6.92 Å². The zero-order valence-corrected chi connectivity index (χ0v) is 4.38. The first-order valence-corrected chi connectivity index (χ1v) is 1.88. The highest BCUT2D eigenvalue weighted by Crippen LogP contribution is 1.90. The third-order valence-corrected chi connectivity index (χ3v) is 0.469. The Morgan fingerprint density at radius 3 is 2.38 bits per heavy atom. The van der Waals surface area contributed by atoms with Crippen LogP contribution >= 0.6 is 0 Å². The zero-order valence-electron chi connectivity index (χ0n) is 4.38. The van der Waals surface area contributed by atoms with Gasteiger partial charge in [0.1, 0.15) is 0 Å². The molecule has 0 radical (unpaired) electrons. The average Bonchev–Trinajstić information content (AvgIpc) is 1.67. The van der Waals surface area contributed by atoms with Crippen LogP contribution in [0.3, 0.4) is 0 Å². The maximum absolute atomic E-state index is 10.1. The van der Waals surface area contributed by atoms with Crippen molar-refractivity contribution in [2.75, 3.05) is 0 Å². The van der Waals surface area contributed by atoms with Gasteiger partial charge in [-0.05, 0) is 6.92 Å². The first-order valence-electron chi connectivity index (χ1n) is 1.88. The van der Waals surface area contributed by atoms with Crippen LogP contribution in [-0.4, -0.2) is 5.97 Å². The van der Waals surface area contributed by atoms with Gasteiger partial charge in [0.15, 0.2) is 5.34 Å². The minimum absolute atomic E-state index is 0.157. The van der Waals surface area contributed by atoms with Crippen LogP contribution < -0.4 is 0 Å². The van der Waals surface area contributed by atoms with Gasteiger partial charge in [0.05, 0.1) is 0 Å². The van der Waals surface area contributed by atoms with E-state index in [1.54, 1.807) is 0 Å². The third-order valence-electron chi connectivity index (χ3n) is 0.469. The van der Waals surface area contributed by atoms with Crippen molar-refractivity contribution in [1.82, 2.24) is 0 Å². The van der Waals surface area contributed by atoms with Crippen molar-refractivity contribution < 1.29 is 9.63 Å². The van der Waals surface area contributed by atoms with Crippen molar-refractivity contribution >= 4 is 5.97 Å². The van der Waals surface area contributed by atoms with Crippen LogP contribution in [0.25, 0.3) is 0 Å². The molecule has 0 aromatic heterocycles. The molecule has 0 N–H and O–H groups in total. The van der Waals surface area contributed by atoms with Crippen molar-refractivity contribution in [2.24, 2.45) is 5.34 Å². The Labute approximate surface area is 46.1 Å². The van der Waals surface area contributed by atoms with Crippen LogP contribution in [0.4, 0.5) is 0 Å². The highest BCUT2D eigenvalue weighted by atomic mass is 16.7. The van der Waals surface area contributed by atoms with Gasteiger partial charge in [0.25, 0.3) is 0 Å². The Kier molecular flexibility index (Phi) is 2.47. The standard InChI is InChI=1S/C4H5NO3/c1-3(2)4(6)8-5-7/h1H2,2H3. The molecule has 0 aliphatic rings. The molecule has 0 saturated heterocycles. The van der Waals surface area contributed by atoms with Gasteiger partial charge < -0.3 is 0 Å².